The molecule has 0 spiro atoms. The van der Waals surface area contributed by atoms with Crippen LogP contribution in [-0.4, -0.2) is 30.6 Å². The van der Waals surface area contributed by atoms with E-state index in [9.17, 15) is 4.79 Å². The fraction of sp³-hybridized carbons (Fsp3) is 0.300. The SMILES string of the molecule is O=C(/C=C/c1ccncc1)NCC1(c2cccc(Br)c2)CCOCC1. The van der Waals surface area contributed by atoms with Crippen LogP contribution in [0.4, 0.5) is 0 Å². The first-order valence-electron chi connectivity index (χ1n) is 8.38. The molecular weight excluding hydrogens is 380 g/mol. The minimum absolute atomic E-state index is 0.0812. The van der Waals surface area contributed by atoms with Crippen molar-refractivity contribution in [1.82, 2.24) is 10.3 Å². The lowest BCUT2D eigenvalue weighted by molar-refractivity contribution is -0.116. The summed E-state index contributed by atoms with van der Waals surface area (Å²) in [6.45, 7) is 2.04. The molecule has 0 unspecified atom stereocenters. The lowest BCUT2D eigenvalue weighted by Crippen LogP contribution is -2.44. The summed E-state index contributed by atoms with van der Waals surface area (Å²) in [5, 5.41) is 3.07. The van der Waals surface area contributed by atoms with Gasteiger partial charge in [-0.25, -0.2) is 0 Å². The number of rotatable bonds is 5. The fourth-order valence-corrected chi connectivity index (χ4v) is 3.51. The minimum Gasteiger partial charge on any atom is -0.381 e. The zero-order valence-corrected chi connectivity index (χ0v) is 15.5. The van der Waals surface area contributed by atoms with Crippen LogP contribution in [0.5, 0.6) is 0 Å². The molecule has 1 amide bonds. The van der Waals surface area contributed by atoms with Gasteiger partial charge in [-0.1, -0.05) is 28.1 Å². The third kappa shape index (κ3) is 4.77. The molecule has 1 saturated heterocycles. The number of carbonyl (C=O) groups is 1. The lowest BCUT2D eigenvalue weighted by atomic mass is 9.74. The van der Waals surface area contributed by atoms with E-state index in [-0.39, 0.29) is 11.3 Å². The van der Waals surface area contributed by atoms with Gasteiger partial charge < -0.3 is 10.1 Å². The number of amides is 1. The van der Waals surface area contributed by atoms with Gasteiger partial charge in [-0.2, -0.15) is 0 Å². The van der Waals surface area contributed by atoms with Gasteiger partial charge in [0.2, 0.25) is 5.91 Å². The molecule has 4 nitrogen and oxygen atoms in total. The first kappa shape index (κ1) is 17.8. The molecule has 2 aromatic rings. The Balaban J connectivity index is 1.69. The van der Waals surface area contributed by atoms with Gasteiger partial charge >= 0.3 is 0 Å². The molecule has 2 heterocycles. The van der Waals surface area contributed by atoms with Crippen molar-refractivity contribution in [2.24, 2.45) is 0 Å². The zero-order chi connectivity index (χ0) is 17.5. The molecule has 25 heavy (non-hydrogen) atoms. The average Bonchev–Trinajstić information content (AvgIpc) is 2.66. The van der Waals surface area contributed by atoms with Crippen LogP contribution in [0.1, 0.15) is 24.0 Å². The second kappa shape index (κ2) is 8.41. The van der Waals surface area contributed by atoms with Crippen LogP contribution in [0.15, 0.2) is 59.3 Å². The smallest absolute Gasteiger partial charge is 0.244 e. The Morgan fingerprint density at radius 1 is 1.24 bits per heavy atom. The standard InChI is InChI=1S/C20H21BrN2O2/c21-18-3-1-2-17(14-18)20(8-12-25-13-9-20)15-23-19(24)5-4-16-6-10-22-11-7-16/h1-7,10-11,14H,8-9,12-13,15H2,(H,23,24)/b5-4+. The fourth-order valence-electron chi connectivity index (χ4n) is 3.11. The van der Waals surface area contributed by atoms with Crippen LogP contribution in [0.2, 0.25) is 0 Å². The van der Waals surface area contributed by atoms with E-state index in [1.165, 1.54) is 5.56 Å². The van der Waals surface area contributed by atoms with Gasteiger partial charge in [0, 0.05) is 48.1 Å². The Bertz CT molecular complexity index is 740. The highest BCUT2D eigenvalue weighted by molar-refractivity contribution is 9.10. The van der Waals surface area contributed by atoms with Crippen molar-refractivity contribution < 1.29 is 9.53 Å². The molecule has 1 N–H and O–H groups in total. The Labute approximate surface area is 156 Å². The number of nitrogens with zero attached hydrogens (tertiary/aromatic N) is 1. The normalized spacial score (nSPS) is 16.7. The zero-order valence-electron chi connectivity index (χ0n) is 14.0. The molecule has 0 saturated carbocycles. The third-order valence-electron chi connectivity index (χ3n) is 4.62. The Morgan fingerprint density at radius 3 is 2.72 bits per heavy atom. The van der Waals surface area contributed by atoms with Gasteiger partial charge in [-0.05, 0) is 54.3 Å². The maximum Gasteiger partial charge on any atom is 0.244 e. The van der Waals surface area contributed by atoms with Gasteiger partial charge in [-0.15, -0.1) is 0 Å². The van der Waals surface area contributed by atoms with Gasteiger partial charge in [-0.3, -0.25) is 9.78 Å². The maximum atomic E-state index is 12.2. The van der Waals surface area contributed by atoms with Crippen molar-refractivity contribution >= 4 is 27.9 Å². The summed E-state index contributed by atoms with van der Waals surface area (Å²) in [6.07, 6.45) is 8.59. The predicted octanol–water partition coefficient (Wildman–Crippen LogP) is 3.72. The molecule has 1 aliphatic rings. The molecule has 0 bridgehead atoms. The number of halogens is 1. The quantitative estimate of drug-likeness (QED) is 0.777. The summed E-state index contributed by atoms with van der Waals surface area (Å²) in [7, 11) is 0. The van der Waals surface area contributed by atoms with Crippen molar-refractivity contribution in [2.45, 2.75) is 18.3 Å². The topological polar surface area (TPSA) is 51.2 Å². The van der Waals surface area contributed by atoms with Crippen LogP contribution in [0.25, 0.3) is 6.08 Å². The number of pyridine rings is 1. The lowest BCUT2D eigenvalue weighted by Gasteiger charge is -2.38. The third-order valence-corrected chi connectivity index (χ3v) is 5.11. The first-order chi connectivity index (χ1) is 12.2. The van der Waals surface area contributed by atoms with E-state index in [0.717, 1.165) is 36.1 Å². The number of hydrogen-bond donors (Lipinski definition) is 1. The number of nitrogens with one attached hydrogen (secondary N) is 1. The van der Waals surface area contributed by atoms with Crippen molar-refractivity contribution in [1.29, 1.82) is 0 Å². The number of ether oxygens (including phenoxy) is 1. The van der Waals surface area contributed by atoms with Gasteiger partial charge in [0.05, 0.1) is 0 Å². The van der Waals surface area contributed by atoms with Crippen LogP contribution < -0.4 is 5.32 Å². The van der Waals surface area contributed by atoms with Crippen LogP contribution in [0.3, 0.4) is 0 Å². The van der Waals surface area contributed by atoms with Crippen molar-refractivity contribution in [2.75, 3.05) is 19.8 Å². The summed E-state index contributed by atoms with van der Waals surface area (Å²) in [5.41, 5.74) is 2.11. The molecule has 0 atom stereocenters. The number of aromatic nitrogens is 1. The van der Waals surface area contributed by atoms with E-state index in [1.807, 2.05) is 24.3 Å². The molecule has 3 rings (SSSR count). The summed E-state index contributed by atoms with van der Waals surface area (Å²) in [6, 6.07) is 12.1. The van der Waals surface area contributed by atoms with E-state index < -0.39 is 0 Å². The number of benzene rings is 1. The van der Waals surface area contributed by atoms with Gasteiger partial charge in [0.25, 0.3) is 0 Å². The molecule has 5 heteroatoms. The second-order valence-electron chi connectivity index (χ2n) is 6.23. The highest BCUT2D eigenvalue weighted by Gasteiger charge is 2.34. The molecule has 1 aromatic heterocycles. The van der Waals surface area contributed by atoms with E-state index in [4.69, 9.17) is 4.74 Å². The maximum absolute atomic E-state index is 12.2. The Morgan fingerprint density at radius 2 is 2.00 bits per heavy atom. The highest BCUT2D eigenvalue weighted by atomic mass is 79.9. The molecule has 1 aliphatic heterocycles. The van der Waals surface area contributed by atoms with E-state index in [1.54, 1.807) is 24.5 Å². The van der Waals surface area contributed by atoms with Crippen molar-refractivity contribution in [3.05, 3.63) is 70.5 Å². The van der Waals surface area contributed by atoms with Crippen LogP contribution >= 0.6 is 15.9 Å². The summed E-state index contributed by atoms with van der Waals surface area (Å²) in [4.78, 5) is 16.2. The summed E-state index contributed by atoms with van der Waals surface area (Å²) >= 11 is 3.55. The highest BCUT2D eigenvalue weighted by Crippen LogP contribution is 2.35. The molecule has 1 aromatic carbocycles. The molecular formula is C20H21BrN2O2. The van der Waals surface area contributed by atoms with E-state index >= 15 is 0 Å². The number of carbonyl (C=O) groups excluding carboxylic acids is 1. The predicted molar refractivity (Wildman–Crippen MR) is 102 cm³/mol. The summed E-state index contributed by atoms with van der Waals surface area (Å²) < 4.78 is 6.60. The van der Waals surface area contributed by atoms with Crippen LogP contribution in [-0.2, 0) is 14.9 Å². The second-order valence-corrected chi connectivity index (χ2v) is 7.15. The van der Waals surface area contributed by atoms with E-state index in [2.05, 4.69) is 38.4 Å². The largest absolute Gasteiger partial charge is 0.381 e. The van der Waals surface area contributed by atoms with Crippen LogP contribution in [0, 0.1) is 0 Å². The number of hydrogen-bond acceptors (Lipinski definition) is 3. The summed E-state index contributed by atoms with van der Waals surface area (Å²) in [5.74, 6) is -0.0855. The minimum atomic E-state index is -0.0855. The van der Waals surface area contributed by atoms with Gasteiger partial charge in [0.1, 0.15) is 0 Å². The molecule has 0 aliphatic carbocycles. The van der Waals surface area contributed by atoms with Gasteiger partial charge in [0.15, 0.2) is 0 Å². The molecule has 0 radical (unpaired) electrons. The van der Waals surface area contributed by atoms with Crippen molar-refractivity contribution in [3.8, 4) is 0 Å². The average molecular weight is 401 g/mol. The molecule has 130 valence electrons. The van der Waals surface area contributed by atoms with E-state index in [0.29, 0.717) is 6.54 Å². The Kier molecular flexibility index (Phi) is 6.00. The first-order valence-corrected chi connectivity index (χ1v) is 9.17. The van der Waals surface area contributed by atoms with Crippen molar-refractivity contribution in [3.63, 3.8) is 0 Å². The monoisotopic (exact) mass is 400 g/mol. The molecule has 1 fully saturated rings. The Hall–Kier alpha value is -1.98.